The van der Waals surface area contributed by atoms with E-state index in [1.807, 2.05) is 48.5 Å². The van der Waals surface area contributed by atoms with Gasteiger partial charge in [-0.15, -0.1) is 6.58 Å². The van der Waals surface area contributed by atoms with E-state index in [0.29, 0.717) is 17.4 Å². The van der Waals surface area contributed by atoms with Gasteiger partial charge in [0, 0.05) is 22.0 Å². The number of carbonyl (C=O) groups excluding carboxylic acids is 2. The summed E-state index contributed by atoms with van der Waals surface area (Å²) in [5.41, 5.74) is 1.67. The van der Waals surface area contributed by atoms with Crippen LogP contribution in [0.1, 0.15) is 0 Å². The van der Waals surface area contributed by atoms with Crippen molar-refractivity contribution in [2.75, 3.05) is 12.3 Å². The van der Waals surface area contributed by atoms with Crippen LogP contribution in [0.2, 0.25) is 0 Å². The van der Waals surface area contributed by atoms with Gasteiger partial charge in [0.05, 0.1) is 11.3 Å². The Kier molecular flexibility index (Phi) is 6.78. The van der Waals surface area contributed by atoms with Gasteiger partial charge in [-0.05, 0) is 18.2 Å². The SMILES string of the molecule is C=CCNC(=O)NC(=O)CSc1nc(-c2ccc(Br)cc2)nc2ccccc12. The van der Waals surface area contributed by atoms with E-state index in [0.717, 1.165) is 20.9 Å². The molecule has 0 aliphatic rings. The maximum atomic E-state index is 12.1. The number of benzene rings is 2. The van der Waals surface area contributed by atoms with E-state index in [4.69, 9.17) is 0 Å². The van der Waals surface area contributed by atoms with Gasteiger partial charge in [-0.1, -0.05) is 64.1 Å². The molecule has 1 aromatic heterocycles. The first-order valence-electron chi connectivity index (χ1n) is 8.41. The van der Waals surface area contributed by atoms with E-state index in [9.17, 15) is 9.59 Å². The molecular formula is C20H17BrN4O2S. The molecule has 0 saturated carbocycles. The lowest BCUT2D eigenvalue weighted by molar-refractivity contribution is -0.117. The number of aromatic nitrogens is 2. The van der Waals surface area contributed by atoms with Crippen LogP contribution in [0.3, 0.4) is 0 Å². The Hall–Kier alpha value is -2.71. The van der Waals surface area contributed by atoms with E-state index >= 15 is 0 Å². The average molecular weight is 457 g/mol. The lowest BCUT2D eigenvalue weighted by atomic mass is 10.2. The van der Waals surface area contributed by atoms with Gasteiger partial charge in [0.15, 0.2) is 5.82 Å². The number of rotatable bonds is 6. The van der Waals surface area contributed by atoms with Crippen molar-refractivity contribution in [3.8, 4) is 11.4 Å². The van der Waals surface area contributed by atoms with Crippen LogP contribution in [0.25, 0.3) is 22.3 Å². The molecule has 0 aliphatic carbocycles. The Labute approximate surface area is 175 Å². The molecule has 0 unspecified atom stereocenters. The van der Waals surface area contributed by atoms with Crippen molar-refractivity contribution in [2.45, 2.75) is 5.03 Å². The Morgan fingerprint density at radius 2 is 1.86 bits per heavy atom. The number of nitrogens with zero attached hydrogens (tertiary/aromatic N) is 2. The van der Waals surface area contributed by atoms with E-state index in [-0.39, 0.29) is 5.75 Å². The molecular weight excluding hydrogens is 440 g/mol. The predicted molar refractivity (Wildman–Crippen MR) is 115 cm³/mol. The van der Waals surface area contributed by atoms with Gasteiger partial charge in [-0.3, -0.25) is 10.1 Å². The van der Waals surface area contributed by atoms with E-state index in [1.165, 1.54) is 17.8 Å². The molecule has 6 nitrogen and oxygen atoms in total. The normalized spacial score (nSPS) is 10.5. The first kappa shape index (κ1) is 20.0. The van der Waals surface area contributed by atoms with E-state index in [1.54, 1.807) is 0 Å². The predicted octanol–water partition coefficient (Wildman–Crippen LogP) is 4.16. The maximum absolute atomic E-state index is 12.1. The maximum Gasteiger partial charge on any atom is 0.321 e. The molecule has 142 valence electrons. The van der Waals surface area contributed by atoms with Crippen LogP contribution >= 0.6 is 27.7 Å². The standard InChI is InChI=1S/C20H17BrN4O2S/c1-2-11-22-20(27)24-17(26)12-28-19-15-5-3-4-6-16(15)23-18(25-19)13-7-9-14(21)10-8-13/h2-10H,1,11-12H2,(H2,22,24,26,27). The summed E-state index contributed by atoms with van der Waals surface area (Å²) in [7, 11) is 0. The number of fused-ring (bicyclic) bond motifs is 1. The van der Waals surface area contributed by atoms with Crippen LogP contribution in [-0.4, -0.2) is 34.2 Å². The number of nitrogens with one attached hydrogen (secondary N) is 2. The van der Waals surface area contributed by atoms with Crippen LogP contribution < -0.4 is 10.6 Å². The molecule has 0 atom stereocenters. The van der Waals surface area contributed by atoms with Crippen molar-refractivity contribution >= 4 is 50.5 Å². The number of hydrogen-bond acceptors (Lipinski definition) is 5. The highest BCUT2D eigenvalue weighted by Gasteiger charge is 2.13. The second-order valence-corrected chi connectivity index (χ2v) is 7.59. The molecule has 0 aliphatic heterocycles. The number of imide groups is 1. The third-order valence-corrected chi connectivity index (χ3v) is 5.19. The smallest absolute Gasteiger partial charge is 0.321 e. The molecule has 0 bridgehead atoms. The molecule has 3 amide bonds. The van der Waals surface area contributed by atoms with Crippen molar-refractivity contribution in [1.29, 1.82) is 0 Å². The highest BCUT2D eigenvalue weighted by molar-refractivity contribution is 9.10. The fourth-order valence-electron chi connectivity index (χ4n) is 2.39. The van der Waals surface area contributed by atoms with Crippen LogP contribution in [0.5, 0.6) is 0 Å². The molecule has 1 heterocycles. The second-order valence-electron chi connectivity index (χ2n) is 5.71. The number of carbonyl (C=O) groups is 2. The molecule has 2 N–H and O–H groups in total. The molecule has 0 saturated heterocycles. The summed E-state index contributed by atoms with van der Waals surface area (Å²) in [6.07, 6.45) is 1.54. The van der Waals surface area contributed by atoms with Crippen LogP contribution in [-0.2, 0) is 4.79 Å². The van der Waals surface area contributed by atoms with Gasteiger partial charge in [-0.25, -0.2) is 14.8 Å². The summed E-state index contributed by atoms with van der Waals surface area (Å²) in [4.78, 5) is 32.9. The minimum absolute atomic E-state index is 0.0578. The summed E-state index contributed by atoms with van der Waals surface area (Å²) in [5.74, 6) is 0.236. The molecule has 0 radical (unpaired) electrons. The van der Waals surface area contributed by atoms with Gasteiger partial charge >= 0.3 is 6.03 Å². The molecule has 3 aromatic rings. The number of hydrogen-bond donors (Lipinski definition) is 2. The Morgan fingerprint density at radius 3 is 2.61 bits per heavy atom. The van der Waals surface area contributed by atoms with Gasteiger partial charge in [-0.2, -0.15) is 0 Å². The van der Waals surface area contributed by atoms with Gasteiger partial charge in [0.25, 0.3) is 0 Å². The summed E-state index contributed by atoms with van der Waals surface area (Å²) < 4.78 is 0.970. The first-order chi connectivity index (χ1) is 13.6. The van der Waals surface area contributed by atoms with E-state index in [2.05, 4.69) is 43.1 Å². The zero-order chi connectivity index (χ0) is 19.9. The number of urea groups is 1. The van der Waals surface area contributed by atoms with Gasteiger partial charge in [0.2, 0.25) is 5.91 Å². The fourth-order valence-corrected chi connectivity index (χ4v) is 3.47. The number of thioether (sulfide) groups is 1. The molecule has 8 heteroatoms. The molecule has 28 heavy (non-hydrogen) atoms. The lowest BCUT2D eigenvalue weighted by Crippen LogP contribution is -2.40. The van der Waals surface area contributed by atoms with Crippen molar-refractivity contribution in [1.82, 2.24) is 20.6 Å². The summed E-state index contributed by atoms with van der Waals surface area (Å²) in [6.45, 7) is 3.80. The summed E-state index contributed by atoms with van der Waals surface area (Å²) in [6, 6.07) is 14.8. The zero-order valence-electron chi connectivity index (χ0n) is 14.8. The van der Waals surface area contributed by atoms with Crippen molar-refractivity contribution in [2.24, 2.45) is 0 Å². The summed E-state index contributed by atoms with van der Waals surface area (Å²) >= 11 is 4.68. The van der Waals surface area contributed by atoms with Crippen molar-refractivity contribution < 1.29 is 9.59 Å². The second kappa shape index (κ2) is 9.48. The number of amides is 3. The topological polar surface area (TPSA) is 84.0 Å². The van der Waals surface area contributed by atoms with Crippen LogP contribution in [0.15, 0.2) is 70.7 Å². The zero-order valence-corrected chi connectivity index (χ0v) is 17.2. The Bertz CT molecular complexity index is 1020. The monoisotopic (exact) mass is 456 g/mol. The number of halogens is 1. The molecule has 0 fully saturated rings. The summed E-state index contributed by atoms with van der Waals surface area (Å²) in [5, 5.41) is 6.32. The average Bonchev–Trinajstić information content (AvgIpc) is 2.70. The minimum atomic E-state index is -0.548. The Balaban J connectivity index is 1.81. The van der Waals surface area contributed by atoms with Crippen LogP contribution in [0, 0.1) is 0 Å². The third kappa shape index (κ3) is 5.17. The van der Waals surface area contributed by atoms with Crippen LogP contribution in [0.4, 0.5) is 4.79 Å². The molecule has 2 aromatic carbocycles. The third-order valence-electron chi connectivity index (χ3n) is 3.67. The fraction of sp³-hybridized carbons (Fsp3) is 0.100. The highest BCUT2D eigenvalue weighted by atomic mass is 79.9. The van der Waals surface area contributed by atoms with Crippen molar-refractivity contribution in [3.63, 3.8) is 0 Å². The van der Waals surface area contributed by atoms with Crippen molar-refractivity contribution in [3.05, 3.63) is 65.7 Å². The number of para-hydroxylation sites is 1. The molecule has 3 rings (SSSR count). The first-order valence-corrected chi connectivity index (χ1v) is 10.2. The minimum Gasteiger partial charge on any atom is -0.334 e. The lowest BCUT2D eigenvalue weighted by Gasteiger charge is -2.09. The Morgan fingerprint density at radius 1 is 1.11 bits per heavy atom. The largest absolute Gasteiger partial charge is 0.334 e. The molecule has 0 spiro atoms. The van der Waals surface area contributed by atoms with Gasteiger partial charge < -0.3 is 5.32 Å². The highest BCUT2D eigenvalue weighted by Crippen LogP contribution is 2.28. The van der Waals surface area contributed by atoms with Gasteiger partial charge in [0.1, 0.15) is 5.03 Å². The van der Waals surface area contributed by atoms with E-state index < -0.39 is 11.9 Å². The quantitative estimate of drug-likeness (QED) is 0.330.